The smallest absolute Gasteiger partial charge is 0.241 e. The molecule has 3 aromatic carbocycles. The molecule has 6 rings (SSSR count). The number of anilines is 1. The first-order chi connectivity index (χ1) is 18.7. The molecule has 0 bridgehead atoms. The summed E-state index contributed by atoms with van der Waals surface area (Å²) in [5.41, 5.74) is 8.57. The number of nitrogens with one attached hydrogen (secondary N) is 3. The number of hydrogen-bond acceptors (Lipinski definition) is 4. The zero-order valence-corrected chi connectivity index (χ0v) is 21.8. The molecule has 2 saturated heterocycles. The molecule has 2 fully saturated rings. The Labute approximate surface area is 225 Å². The van der Waals surface area contributed by atoms with Gasteiger partial charge in [-0.05, 0) is 85.2 Å². The van der Waals surface area contributed by atoms with Gasteiger partial charge in [0.15, 0.2) is 0 Å². The number of rotatable bonds is 8. The Hall–Kier alpha value is -3.54. The largest absolute Gasteiger partial charge is 0.325 e. The number of hydrogen-bond donors (Lipinski definition) is 3. The van der Waals surface area contributed by atoms with Crippen LogP contribution in [0.4, 0.5) is 5.69 Å². The highest BCUT2D eigenvalue weighted by Gasteiger charge is 2.24. The van der Waals surface area contributed by atoms with Gasteiger partial charge in [-0.15, -0.1) is 0 Å². The molecule has 3 N–H and O–H groups in total. The fraction of sp³-hybridized carbons (Fsp3) is 0.333. The summed E-state index contributed by atoms with van der Waals surface area (Å²) in [6, 6.07) is 28.5. The van der Waals surface area contributed by atoms with Crippen LogP contribution in [0.2, 0.25) is 0 Å². The van der Waals surface area contributed by atoms with Gasteiger partial charge in [0.05, 0.1) is 6.04 Å². The summed E-state index contributed by atoms with van der Waals surface area (Å²) in [6.45, 7) is 2.02. The van der Waals surface area contributed by atoms with Crippen molar-refractivity contribution in [1.29, 1.82) is 0 Å². The Kier molecular flexibility index (Phi) is 7.47. The molecule has 0 saturated carbocycles. The zero-order valence-electron chi connectivity index (χ0n) is 21.8. The lowest BCUT2D eigenvalue weighted by atomic mass is 9.85. The van der Waals surface area contributed by atoms with Gasteiger partial charge in [-0.3, -0.25) is 9.79 Å². The van der Waals surface area contributed by atoms with Crippen molar-refractivity contribution in [2.45, 2.75) is 56.5 Å². The van der Waals surface area contributed by atoms with E-state index in [1.807, 2.05) is 12.1 Å². The van der Waals surface area contributed by atoms with Gasteiger partial charge in [0.25, 0.3) is 0 Å². The summed E-state index contributed by atoms with van der Waals surface area (Å²) in [6.07, 6.45) is 8.30. The van der Waals surface area contributed by atoms with Crippen LogP contribution in [0.1, 0.15) is 60.3 Å². The van der Waals surface area contributed by atoms with Crippen molar-refractivity contribution in [3.63, 3.8) is 0 Å². The van der Waals surface area contributed by atoms with Crippen LogP contribution in [0.3, 0.4) is 0 Å². The molecule has 0 radical (unpaired) electrons. The molecule has 5 heteroatoms. The van der Waals surface area contributed by atoms with Crippen LogP contribution in [0.15, 0.2) is 90.1 Å². The van der Waals surface area contributed by atoms with Crippen LogP contribution in [-0.4, -0.2) is 36.8 Å². The fourth-order valence-electron chi connectivity index (χ4n) is 5.95. The summed E-state index contributed by atoms with van der Waals surface area (Å²) >= 11 is 0. The summed E-state index contributed by atoms with van der Waals surface area (Å²) in [7, 11) is 0. The highest BCUT2D eigenvalue weighted by atomic mass is 16.2. The number of benzene rings is 3. The van der Waals surface area contributed by atoms with Gasteiger partial charge in [-0.25, -0.2) is 0 Å². The number of carbonyl (C=O) groups excluding carboxylic acids is 1. The maximum Gasteiger partial charge on any atom is 0.241 e. The van der Waals surface area contributed by atoms with Gasteiger partial charge < -0.3 is 16.0 Å². The third-order valence-electron chi connectivity index (χ3n) is 8.14. The maximum absolute atomic E-state index is 12.5. The number of carbonyl (C=O) groups is 1. The first-order valence-electron chi connectivity index (χ1n) is 14.0. The second-order valence-corrected chi connectivity index (χ2v) is 10.7. The van der Waals surface area contributed by atoms with Gasteiger partial charge in [-0.1, -0.05) is 66.7 Å². The first-order valence-corrected chi connectivity index (χ1v) is 14.0. The molecule has 1 unspecified atom stereocenters. The molecule has 1 amide bonds. The SMILES string of the molecule is O=C(Nc1ccc(CC(c2ccccc2)c2ccc(C3=CN=C([C@@H]4CCCN4)C3)cc2)cc1)[C@@H]1CCCN1. The van der Waals surface area contributed by atoms with Crippen LogP contribution in [0, 0.1) is 0 Å². The Morgan fingerprint density at radius 3 is 2.32 bits per heavy atom. The van der Waals surface area contributed by atoms with Crippen LogP contribution >= 0.6 is 0 Å². The third kappa shape index (κ3) is 5.64. The fourth-order valence-corrected chi connectivity index (χ4v) is 5.95. The lowest BCUT2D eigenvalue weighted by Gasteiger charge is -2.19. The van der Waals surface area contributed by atoms with Gasteiger partial charge in [0.2, 0.25) is 5.91 Å². The monoisotopic (exact) mass is 504 g/mol. The van der Waals surface area contributed by atoms with E-state index in [4.69, 9.17) is 4.99 Å². The van der Waals surface area contributed by atoms with E-state index >= 15 is 0 Å². The van der Waals surface area contributed by atoms with Crippen LogP contribution in [0.5, 0.6) is 0 Å². The van der Waals surface area contributed by atoms with Crippen LogP contribution in [-0.2, 0) is 11.2 Å². The first kappa shape index (κ1) is 24.8. The average molecular weight is 505 g/mol. The second-order valence-electron chi connectivity index (χ2n) is 10.7. The molecular formula is C33H36N4O. The van der Waals surface area contributed by atoms with Crippen molar-refractivity contribution in [3.05, 3.63) is 107 Å². The normalized spacial score (nSPS) is 21.7. The van der Waals surface area contributed by atoms with Crippen molar-refractivity contribution in [2.24, 2.45) is 4.99 Å². The van der Waals surface area contributed by atoms with Crippen molar-refractivity contribution in [2.75, 3.05) is 18.4 Å². The minimum atomic E-state index is -0.0716. The minimum Gasteiger partial charge on any atom is -0.325 e. The highest BCUT2D eigenvalue weighted by molar-refractivity contribution is 6.01. The van der Waals surface area contributed by atoms with Gasteiger partial charge in [-0.2, -0.15) is 0 Å². The van der Waals surface area contributed by atoms with E-state index in [1.54, 1.807) is 0 Å². The lowest BCUT2D eigenvalue weighted by Crippen LogP contribution is -2.35. The molecule has 3 heterocycles. The van der Waals surface area contributed by atoms with Crippen molar-refractivity contribution in [1.82, 2.24) is 10.6 Å². The molecule has 3 aliphatic rings. The van der Waals surface area contributed by atoms with E-state index in [2.05, 4.69) is 88.9 Å². The summed E-state index contributed by atoms with van der Waals surface area (Å²) in [4.78, 5) is 17.2. The quantitative estimate of drug-likeness (QED) is 0.369. The minimum absolute atomic E-state index is 0.0619. The van der Waals surface area contributed by atoms with Crippen molar-refractivity contribution >= 4 is 22.9 Å². The van der Waals surface area contributed by atoms with Crippen molar-refractivity contribution in [3.8, 4) is 0 Å². The predicted molar refractivity (Wildman–Crippen MR) is 156 cm³/mol. The molecule has 0 aliphatic carbocycles. The van der Waals surface area contributed by atoms with Crippen molar-refractivity contribution < 1.29 is 4.79 Å². The van der Waals surface area contributed by atoms with Crippen LogP contribution in [0.25, 0.3) is 5.57 Å². The molecule has 5 nitrogen and oxygen atoms in total. The second kappa shape index (κ2) is 11.5. The number of aliphatic imine (C=N–C) groups is 1. The summed E-state index contributed by atoms with van der Waals surface area (Å²) < 4.78 is 0. The van der Waals surface area contributed by atoms with E-state index in [0.717, 1.165) is 44.5 Å². The molecule has 3 aliphatic heterocycles. The predicted octanol–water partition coefficient (Wildman–Crippen LogP) is 5.69. The Morgan fingerprint density at radius 1 is 0.868 bits per heavy atom. The molecule has 194 valence electrons. The van der Waals surface area contributed by atoms with Gasteiger partial charge >= 0.3 is 0 Å². The summed E-state index contributed by atoms with van der Waals surface area (Å²) in [5.74, 6) is 0.312. The topological polar surface area (TPSA) is 65.5 Å². The average Bonchev–Trinajstić information content (AvgIpc) is 3.76. The molecular weight excluding hydrogens is 468 g/mol. The highest BCUT2D eigenvalue weighted by Crippen LogP contribution is 2.32. The van der Waals surface area contributed by atoms with E-state index < -0.39 is 0 Å². The van der Waals surface area contributed by atoms with Gasteiger partial charge in [0, 0.05) is 36.0 Å². The van der Waals surface area contributed by atoms with E-state index in [9.17, 15) is 4.79 Å². The number of allylic oxidation sites excluding steroid dienone is 1. The summed E-state index contributed by atoms with van der Waals surface area (Å²) in [5, 5.41) is 9.90. The van der Waals surface area contributed by atoms with E-state index in [-0.39, 0.29) is 17.9 Å². The standard InChI is InChI=1S/C33H36N4O/c38-33(31-9-5-19-35-31)37-28-16-10-23(11-17-28)20-29(25-6-2-1-3-7-25)26-14-12-24(13-15-26)27-21-32(36-22-27)30-8-4-18-34-30/h1-3,6-7,10-17,22,29-31,34-35H,4-5,8-9,18-21H2,(H,37,38)/t29?,30-,31-/m0/s1. The molecule has 38 heavy (non-hydrogen) atoms. The Morgan fingerprint density at radius 2 is 1.61 bits per heavy atom. The molecule has 0 aromatic heterocycles. The third-order valence-corrected chi connectivity index (χ3v) is 8.14. The Balaban J connectivity index is 1.15. The van der Waals surface area contributed by atoms with E-state index in [0.29, 0.717) is 6.04 Å². The van der Waals surface area contributed by atoms with Crippen LogP contribution < -0.4 is 16.0 Å². The van der Waals surface area contributed by atoms with E-state index in [1.165, 1.54) is 46.4 Å². The Bertz CT molecular complexity index is 1300. The van der Waals surface area contributed by atoms with Gasteiger partial charge in [0.1, 0.15) is 0 Å². The zero-order chi connectivity index (χ0) is 25.7. The molecule has 3 aromatic rings. The molecule has 3 atom stereocenters. The number of nitrogens with zero attached hydrogens (tertiary/aromatic N) is 1. The maximum atomic E-state index is 12.5. The lowest BCUT2D eigenvalue weighted by molar-refractivity contribution is -0.117. The number of amides is 1. The molecule has 0 spiro atoms.